The molecule has 1 aliphatic heterocycles. The van der Waals surface area contributed by atoms with Crippen LogP contribution in [0.4, 0.5) is 0 Å². The van der Waals surface area contributed by atoms with Crippen molar-refractivity contribution in [2.24, 2.45) is 5.92 Å². The SMILES string of the molecule is CCC(CC)C(=O)N1CCC(c2cc(C(=O)NCc3ccco3)n[nH]2)CC1. The standard InChI is InChI=1S/C20H28N4O3/c1-3-14(4-2)20(26)24-9-7-15(8-10-24)17-12-18(23-22-17)19(25)21-13-16-6-5-11-27-16/h5-6,11-12,14-15H,3-4,7-10,13H2,1-2H3,(H,21,25)(H,22,23). The van der Waals surface area contributed by atoms with Crippen LogP contribution in [-0.2, 0) is 11.3 Å². The van der Waals surface area contributed by atoms with E-state index in [-0.39, 0.29) is 17.7 Å². The molecular weight excluding hydrogens is 344 g/mol. The topological polar surface area (TPSA) is 91.2 Å². The number of aromatic amines is 1. The molecular formula is C20H28N4O3. The average Bonchev–Trinajstić information content (AvgIpc) is 3.39. The molecule has 7 heteroatoms. The summed E-state index contributed by atoms with van der Waals surface area (Å²) in [5.74, 6) is 1.19. The number of hydrogen-bond donors (Lipinski definition) is 2. The van der Waals surface area contributed by atoms with Crippen LogP contribution in [0.1, 0.15) is 67.4 Å². The maximum atomic E-state index is 12.5. The van der Waals surface area contributed by atoms with Gasteiger partial charge in [-0.1, -0.05) is 13.8 Å². The first-order valence-electron chi connectivity index (χ1n) is 9.77. The van der Waals surface area contributed by atoms with E-state index in [0.717, 1.165) is 44.5 Å². The monoisotopic (exact) mass is 372 g/mol. The molecule has 0 spiro atoms. The predicted molar refractivity (Wildman–Crippen MR) is 101 cm³/mol. The number of carbonyl (C=O) groups excluding carboxylic acids is 2. The van der Waals surface area contributed by atoms with Crippen molar-refractivity contribution >= 4 is 11.8 Å². The molecule has 2 aromatic rings. The maximum absolute atomic E-state index is 12.5. The zero-order chi connectivity index (χ0) is 19.2. The molecule has 27 heavy (non-hydrogen) atoms. The second kappa shape index (κ2) is 8.88. The number of furan rings is 1. The Hall–Kier alpha value is -2.57. The lowest BCUT2D eigenvalue weighted by atomic mass is 9.92. The number of nitrogens with zero attached hydrogens (tertiary/aromatic N) is 2. The van der Waals surface area contributed by atoms with E-state index in [4.69, 9.17) is 4.42 Å². The van der Waals surface area contributed by atoms with Gasteiger partial charge in [0.15, 0.2) is 0 Å². The van der Waals surface area contributed by atoms with Crippen LogP contribution in [0.3, 0.4) is 0 Å². The van der Waals surface area contributed by atoms with Gasteiger partial charge in [-0.05, 0) is 43.9 Å². The molecule has 0 unspecified atom stereocenters. The largest absolute Gasteiger partial charge is 0.467 e. The number of aromatic nitrogens is 2. The minimum absolute atomic E-state index is 0.137. The first-order chi connectivity index (χ1) is 13.1. The third-order valence-electron chi connectivity index (χ3n) is 5.41. The highest BCUT2D eigenvalue weighted by Crippen LogP contribution is 2.28. The smallest absolute Gasteiger partial charge is 0.272 e. The summed E-state index contributed by atoms with van der Waals surface area (Å²) < 4.78 is 5.21. The lowest BCUT2D eigenvalue weighted by molar-refractivity contribution is -0.136. The summed E-state index contributed by atoms with van der Waals surface area (Å²) in [4.78, 5) is 26.7. The van der Waals surface area contributed by atoms with Gasteiger partial charge in [0, 0.05) is 30.6 Å². The number of H-pyrrole nitrogens is 1. The van der Waals surface area contributed by atoms with E-state index in [1.807, 2.05) is 17.0 Å². The summed E-state index contributed by atoms with van der Waals surface area (Å²) in [7, 11) is 0. The molecule has 3 rings (SSSR count). The van der Waals surface area contributed by atoms with Gasteiger partial charge in [-0.2, -0.15) is 5.10 Å². The van der Waals surface area contributed by atoms with Crippen LogP contribution in [0, 0.1) is 5.92 Å². The number of carbonyl (C=O) groups is 2. The summed E-state index contributed by atoms with van der Waals surface area (Å²) >= 11 is 0. The minimum atomic E-state index is -0.227. The fourth-order valence-electron chi connectivity index (χ4n) is 3.64. The van der Waals surface area contributed by atoms with E-state index in [9.17, 15) is 9.59 Å². The highest BCUT2D eigenvalue weighted by molar-refractivity contribution is 5.92. The Labute approximate surface area is 159 Å². The molecule has 2 amide bonds. The van der Waals surface area contributed by atoms with Gasteiger partial charge in [0.25, 0.3) is 5.91 Å². The van der Waals surface area contributed by atoms with E-state index >= 15 is 0 Å². The molecule has 0 aromatic carbocycles. The third kappa shape index (κ3) is 4.59. The molecule has 2 aromatic heterocycles. The van der Waals surface area contributed by atoms with Gasteiger partial charge in [-0.15, -0.1) is 0 Å². The summed E-state index contributed by atoms with van der Waals surface area (Å²) in [5, 5.41) is 9.95. The lowest BCUT2D eigenvalue weighted by Gasteiger charge is -2.33. The zero-order valence-corrected chi connectivity index (χ0v) is 16.0. The first kappa shape index (κ1) is 19.2. The molecule has 2 N–H and O–H groups in total. The van der Waals surface area contributed by atoms with Gasteiger partial charge in [0.05, 0.1) is 12.8 Å². The first-order valence-corrected chi connectivity index (χ1v) is 9.77. The van der Waals surface area contributed by atoms with Crippen molar-refractivity contribution in [3.63, 3.8) is 0 Å². The van der Waals surface area contributed by atoms with Gasteiger partial charge in [0.2, 0.25) is 5.91 Å². The molecule has 0 radical (unpaired) electrons. The number of likely N-dealkylation sites (tertiary alicyclic amines) is 1. The molecule has 1 fully saturated rings. The molecule has 0 atom stereocenters. The lowest BCUT2D eigenvalue weighted by Crippen LogP contribution is -2.41. The van der Waals surface area contributed by atoms with Crippen molar-refractivity contribution in [3.05, 3.63) is 41.6 Å². The number of hydrogen-bond acceptors (Lipinski definition) is 4. The fourth-order valence-corrected chi connectivity index (χ4v) is 3.64. The molecule has 1 aliphatic rings. The maximum Gasteiger partial charge on any atom is 0.272 e. The van der Waals surface area contributed by atoms with Crippen LogP contribution >= 0.6 is 0 Å². The van der Waals surface area contributed by atoms with Crippen molar-refractivity contribution < 1.29 is 14.0 Å². The Kier molecular flexibility index (Phi) is 6.32. The van der Waals surface area contributed by atoms with Crippen molar-refractivity contribution in [1.29, 1.82) is 0 Å². The molecule has 146 valence electrons. The fraction of sp³-hybridized carbons (Fsp3) is 0.550. The number of amides is 2. The van der Waals surface area contributed by atoms with Crippen LogP contribution < -0.4 is 5.32 Å². The molecule has 0 bridgehead atoms. The highest BCUT2D eigenvalue weighted by Gasteiger charge is 2.28. The summed E-state index contributed by atoms with van der Waals surface area (Å²) in [6, 6.07) is 5.42. The van der Waals surface area contributed by atoms with Gasteiger partial charge in [-0.25, -0.2) is 0 Å². The Bertz CT molecular complexity index is 741. The number of piperidine rings is 1. The van der Waals surface area contributed by atoms with Crippen LogP contribution in [0.5, 0.6) is 0 Å². The Morgan fingerprint density at radius 1 is 1.33 bits per heavy atom. The molecule has 3 heterocycles. The van der Waals surface area contributed by atoms with Crippen molar-refractivity contribution in [1.82, 2.24) is 20.4 Å². The third-order valence-corrected chi connectivity index (χ3v) is 5.41. The van der Waals surface area contributed by atoms with E-state index in [2.05, 4.69) is 29.4 Å². The van der Waals surface area contributed by atoms with E-state index in [0.29, 0.717) is 23.9 Å². The van der Waals surface area contributed by atoms with Gasteiger partial charge < -0.3 is 14.6 Å². The number of rotatable bonds is 7. The van der Waals surface area contributed by atoms with Crippen LogP contribution in [0.25, 0.3) is 0 Å². The molecule has 7 nitrogen and oxygen atoms in total. The number of nitrogens with one attached hydrogen (secondary N) is 2. The zero-order valence-electron chi connectivity index (χ0n) is 16.0. The van der Waals surface area contributed by atoms with E-state index in [1.54, 1.807) is 12.3 Å². The summed E-state index contributed by atoms with van der Waals surface area (Å²) in [5.41, 5.74) is 1.35. The van der Waals surface area contributed by atoms with Gasteiger partial charge >= 0.3 is 0 Å². The van der Waals surface area contributed by atoms with Crippen molar-refractivity contribution in [2.75, 3.05) is 13.1 Å². The Morgan fingerprint density at radius 2 is 2.07 bits per heavy atom. The summed E-state index contributed by atoms with van der Waals surface area (Å²) in [6.45, 7) is 6.01. The van der Waals surface area contributed by atoms with E-state index in [1.165, 1.54) is 0 Å². The second-order valence-electron chi connectivity index (χ2n) is 7.08. The Morgan fingerprint density at radius 3 is 2.70 bits per heavy atom. The van der Waals surface area contributed by atoms with Crippen LogP contribution in [0.2, 0.25) is 0 Å². The van der Waals surface area contributed by atoms with Crippen LogP contribution in [0.15, 0.2) is 28.9 Å². The molecule has 0 aliphatic carbocycles. The summed E-state index contributed by atoms with van der Waals surface area (Å²) in [6.07, 6.45) is 5.15. The van der Waals surface area contributed by atoms with E-state index < -0.39 is 0 Å². The van der Waals surface area contributed by atoms with Gasteiger partial charge in [-0.3, -0.25) is 14.7 Å². The molecule has 1 saturated heterocycles. The second-order valence-corrected chi connectivity index (χ2v) is 7.08. The minimum Gasteiger partial charge on any atom is -0.467 e. The van der Waals surface area contributed by atoms with Crippen molar-refractivity contribution in [3.8, 4) is 0 Å². The predicted octanol–water partition coefficient (Wildman–Crippen LogP) is 3.07. The quantitative estimate of drug-likeness (QED) is 0.781. The van der Waals surface area contributed by atoms with Crippen LogP contribution in [-0.4, -0.2) is 40.0 Å². The van der Waals surface area contributed by atoms with Crippen molar-refractivity contribution in [2.45, 2.75) is 52.0 Å². The highest BCUT2D eigenvalue weighted by atomic mass is 16.3. The molecule has 0 saturated carbocycles. The van der Waals surface area contributed by atoms with Gasteiger partial charge in [0.1, 0.15) is 11.5 Å². The normalized spacial score (nSPS) is 15.3. The average molecular weight is 372 g/mol. The Balaban J connectivity index is 1.52.